The summed E-state index contributed by atoms with van der Waals surface area (Å²) in [6, 6.07) is 30.5. The molecular formula is C36H41N2+. The highest BCUT2D eigenvalue weighted by molar-refractivity contribution is 5.73. The van der Waals surface area contributed by atoms with Gasteiger partial charge in [0.15, 0.2) is 7.05 Å². The van der Waals surface area contributed by atoms with Crippen molar-refractivity contribution >= 4 is 11.8 Å². The maximum Gasteiger partial charge on any atom is 0.205 e. The predicted molar refractivity (Wildman–Crippen MR) is 163 cm³/mol. The highest BCUT2D eigenvalue weighted by atomic mass is 15.2. The van der Waals surface area contributed by atoms with Gasteiger partial charge in [-0.05, 0) is 106 Å². The lowest BCUT2D eigenvalue weighted by Gasteiger charge is -2.14. The number of hydrogen-bond donors (Lipinski definition) is 0. The van der Waals surface area contributed by atoms with Gasteiger partial charge in [0, 0.05) is 13.0 Å². The Hall–Kier alpha value is -3.78. The number of hydrogen-bond acceptors (Lipinski definition) is 1. The van der Waals surface area contributed by atoms with Crippen LogP contribution in [0.4, 0.5) is 5.69 Å². The molecule has 38 heavy (non-hydrogen) atoms. The monoisotopic (exact) mass is 501 g/mol. The predicted octanol–water partition coefficient (Wildman–Crippen LogP) is 10.3. The van der Waals surface area contributed by atoms with E-state index in [0.717, 1.165) is 24.2 Å². The van der Waals surface area contributed by atoms with Gasteiger partial charge in [-0.15, -0.1) is 0 Å². The Morgan fingerprint density at radius 1 is 0.816 bits per heavy atom. The second-order valence-electron chi connectivity index (χ2n) is 10.2. The van der Waals surface area contributed by atoms with Crippen molar-refractivity contribution in [3.8, 4) is 22.3 Å². The van der Waals surface area contributed by atoms with Gasteiger partial charge in [-0.25, -0.2) is 0 Å². The maximum absolute atomic E-state index is 5.01. The zero-order chi connectivity index (χ0) is 27.1. The van der Waals surface area contributed by atoms with E-state index in [1.165, 1.54) is 62.9 Å². The molecule has 0 heterocycles. The first kappa shape index (κ1) is 27.3. The molecule has 0 aliphatic heterocycles. The Labute approximate surface area is 229 Å². The third kappa shape index (κ3) is 6.37. The lowest BCUT2D eigenvalue weighted by Crippen LogP contribution is -2.00. The molecule has 0 aromatic heterocycles. The summed E-state index contributed by atoms with van der Waals surface area (Å²) in [6.45, 7) is 11.1. The second kappa shape index (κ2) is 12.6. The minimum absolute atomic E-state index is 0.978. The fraction of sp³-hybridized carbons (Fsp3) is 0.278. The molecular weight excluding hydrogens is 460 g/mol. The third-order valence-corrected chi connectivity index (χ3v) is 7.47. The van der Waals surface area contributed by atoms with Gasteiger partial charge < -0.3 is 0 Å². The van der Waals surface area contributed by atoms with Crippen molar-refractivity contribution in [2.24, 2.45) is 5.11 Å². The van der Waals surface area contributed by atoms with Gasteiger partial charge in [0.1, 0.15) is 5.69 Å². The first-order chi connectivity index (χ1) is 18.4. The first-order valence-corrected chi connectivity index (χ1v) is 13.9. The quantitative estimate of drug-likeness (QED) is 0.160. The van der Waals surface area contributed by atoms with Gasteiger partial charge in [0.05, 0.1) is 0 Å². The van der Waals surface area contributed by atoms with Crippen LogP contribution in [-0.4, -0.2) is 11.7 Å². The van der Waals surface area contributed by atoms with Crippen LogP contribution < -0.4 is 0 Å². The SMILES string of the molecule is CCCCc1cc(C=C(C)[N+](C)=Nc2cc(C)c(CC)c(-c3ccccc3)c2)cc(-c2ccccc2)c1C. The van der Waals surface area contributed by atoms with Crippen molar-refractivity contribution in [1.82, 2.24) is 0 Å². The van der Waals surface area contributed by atoms with Crippen molar-refractivity contribution in [2.75, 3.05) is 7.05 Å². The Morgan fingerprint density at radius 2 is 1.45 bits per heavy atom. The molecule has 0 bridgehead atoms. The fourth-order valence-corrected chi connectivity index (χ4v) is 5.21. The lowest BCUT2D eigenvalue weighted by molar-refractivity contribution is -0.510. The molecule has 0 spiro atoms. The summed E-state index contributed by atoms with van der Waals surface area (Å²) in [5.41, 5.74) is 13.9. The molecule has 2 heteroatoms. The van der Waals surface area contributed by atoms with Gasteiger partial charge in [0.25, 0.3) is 0 Å². The average molecular weight is 502 g/mol. The lowest BCUT2D eigenvalue weighted by atomic mass is 9.91. The van der Waals surface area contributed by atoms with E-state index in [1.54, 1.807) is 0 Å². The molecule has 0 aliphatic carbocycles. The first-order valence-electron chi connectivity index (χ1n) is 13.9. The van der Waals surface area contributed by atoms with Crippen LogP contribution in [0.25, 0.3) is 28.3 Å². The highest BCUT2D eigenvalue weighted by Gasteiger charge is 2.13. The molecule has 0 aliphatic rings. The fourth-order valence-electron chi connectivity index (χ4n) is 5.21. The molecule has 194 valence electrons. The van der Waals surface area contributed by atoms with Gasteiger partial charge in [0.2, 0.25) is 5.70 Å². The van der Waals surface area contributed by atoms with E-state index in [9.17, 15) is 0 Å². The maximum atomic E-state index is 5.01. The topological polar surface area (TPSA) is 15.4 Å². The second-order valence-corrected chi connectivity index (χ2v) is 10.2. The smallest absolute Gasteiger partial charge is 0.0909 e. The van der Waals surface area contributed by atoms with Crippen LogP contribution in [0.3, 0.4) is 0 Å². The Morgan fingerprint density at radius 3 is 2.05 bits per heavy atom. The number of unbranched alkanes of at least 4 members (excludes halogenated alkanes) is 1. The van der Waals surface area contributed by atoms with Crippen molar-refractivity contribution in [3.63, 3.8) is 0 Å². The molecule has 0 radical (unpaired) electrons. The van der Waals surface area contributed by atoms with Crippen LogP contribution in [-0.2, 0) is 12.8 Å². The van der Waals surface area contributed by atoms with Crippen molar-refractivity contribution in [3.05, 3.63) is 118 Å². The molecule has 0 saturated heterocycles. The summed E-state index contributed by atoms with van der Waals surface area (Å²) in [5, 5.41) is 5.01. The molecule has 0 unspecified atom stereocenters. The van der Waals surface area contributed by atoms with Crippen LogP contribution in [0.2, 0.25) is 0 Å². The summed E-state index contributed by atoms with van der Waals surface area (Å²) < 4.78 is 2.00. The van der Waals surface area contributed by atoms with Gasteiger partial charge in [-0.2, -0.15) is 0 Å². The third-order valence-electron chi connectivity index (χ3n) is 7.47. The van der Waals surface area contributed by atoms with E-state index in [2.05, 4.69) is 126 Å². The standard InChI is InChI=1S/C36H41N2/c1-7-9-16-32-23-29(24-35(28(32)5)30-17-12-10-13-18-30)22-27(4)38(6)37-33-21-26(3)34(8-2)36(25-33)31-19-14-11-15-20-31/h10-15,17-25H,7-9,16H2,1-6H3/q+1. The number of azo groups is 2. The molecule has 4 aromatic rings. The minimum Gasteiger partial charge on any atom is -0.0909 e. The van der Waals surface area contributed by atoms with E-state index >= 15 is 0 Å². The molecule has 0 atom stereocenters. The van der Waals surface area contributed by atoms with Crippen LogP contribution in [0.1, 0.15) is 61.4 Å². The van der Waals surface area contributed by atoms with Crippen molar-refractivity contribution in [2.45, 2.75) is 60.3 Å². The van der Waals surface area contributed by atoms with Gasteiger partial charge in [-0.1, -0.05) is 91.7 Å². The van der Waals surface area contributed by atoms with Crippen molar-refractivity contribution in [1.29, 1.82) is 0 Å². The number of nitrogens with zero attached hydrogens (tertiary/aromatic N) is 2. The zero-order valence-electron chi connectivity index (χ0n) is 23.9. The van der Waals surface area contributed by atoms with E-state index in [1.807, 2.05) is 11.7 Å². The van der Waals surface area contributed by atoms with E-state index in [4.69, 9.17) is 5.11 Å². The minimum atomic E-state index is 0.978. The summed E-state index contributed by atoms with van der Waals surface area (Å²) in [4.78, 5) is 0. The molecule has 0 saturated carbocycles. The van der Waals surface area contributed by atoms with Crippen LogP contribution in [0.5, 0.6) is 0 Å². The Kier molecular flexibility index (Phi) is 9.07. The largest absolute Gasteiger partial charge is 0.205 e. The molecule has 0 N–H and O–H groups in total. The van der Waals surface area contributed by atoms with E-state index in [-0.39, 0.29) is 0 Å². The average Bonchev–Trinajstić information content (AvgIpc) is 2.93. The molecule has 2 nitrogen and oxygen atoms in total. The van der Waals surface area contributed by atoms with Crippen LogP contribution in [0, 0.1) is 13.8 Å². The Balaban J connectivity index is 1.73. The van der Waals surface area contributed by atoms with Crippen molar-refractivity contribution < 1.29 is 4.70 Å². The number of benzene rings is 4. The van der Waals surface area contributed by atoms with Gasteiger partial charge in [-0.3, -0.25) is 0 Å². The molecule has 0 fully saturated rings. The number of rotatable bonds is 9. The normalized spacial score (nSPS) is 12.2. The summed E-state index contributed by atoms with van der Waals surface area (Å²) in [7, 11) is 2.04. The number of aryl methyl sites for hydroxylation is 2. The van der Waals surface area contributed by atoms with Gasteiger partial charge >= 0.3 is 0 Å². The molecule has 0 amide bonds. The zero-order valence-corrected chi connectivity index (χ0v) is 23.9. The molecule has 4 aromatic carbocycles. The van der Waals surface area contributed by atoms with E-state index < -0.39 is 0 Å². The Bertz CT molecular complexity index is 1440. The van der Waals surface area contributed by atoms with Crippen LogP contribution in [0.15, 0.2) is 95.7 Å². The summed E-state index contributed by atoms with van der Waals surface area (Å²) in [6.07, 6.45) is 6.77. The number of allylic oxidation sites excluding steroid dienone is 1. The highest BCUT2D eigenvalue weighted by Crippen LogP contribution is 2.32. The van der Waals surface area contributed by atoms with E-state index in [0.29, 0.717) is 0 Å². The summed E-state index contributed by atoms with van der Waals surface area (Å²) >= 11 is 0. The summed E-state index contributed by atoms with van der Waals surface area (Å²) in [5.74, 6) is 0. The molecule has 4 rings (SSSR count). The van der Waals surface area contributed by atoms with Crippen LogP contribution >= 0.6 is 0 Å².